The first-order chi connectivity index (χ1) is 14.0. The molecule has 1 aromatic carbocycles. The molecule has 1 unspecified atom stereocenters. The van der Waals surface area contributed by atoms with Crippen molar-refractivity contribution < 1.29 is 4.42 Å². The maximum atomic E-state index is 13.1. The Morgan fingerprint density at radius 2 is 1.93 bits per heavy atom. The van der Waals surface area contributed by atoms with Crippen LogP contribution in [-0.4, -0.2) is 9.97 Å². The highest BCUT2D eigenvalue weighted by molar-refractivity contribution is 6.31. The quantitative estimate of drug-likeness (QED) is 0.441. The number of hydrogen-bond donors (Lipinski definition) is 1. The van der Waals surface area contributed by atoms with Crippen LogP contribution in [0.1, 0.15) is 29.7 Å². The first kappa shape index (κ1) is 19.2. The molecule has 3 aromatic heterocycles. The number of benzene rings is 1. The molecule has 3 heterocycles. The molecule has 4 aromatic rings. The summed E-state index contributed by atoms with van der Waals surface area (Å²) in [5.74, 6) is 0.535. The summed E-state index contributed by atoms with van der Waals surface area (Å²) in [4.78, 5) is 21.4. The van der Waals surface area contributed by atoms with Gasteiger partial charge in [-0.3, -0.25) is 9.78 Å². The Hall–Kier alpha value is -3.18. The zero-order chi connectivity index (χ0) is 20.5. The second kappa shape index (κ2) is 7.68. The van der Waals surface area contributed by atoms with Gasteiger partial charge in [-0.15, -0.1) is 0 Å². The predicted octanol–water partition coefficient (Wildman–Crippen LogP) is 5.69. The van der Waals surface area contributed by atoms with E-state index >= 15 is 0 Å². The Morgan fingerprint density at radius 3 is 2.66 bits per heavy atom. The van der Waals surface area contributed by atoms with E-state index in [2.05, 4.69) is 15.3 Å². The Balaban J connectivity index is 1.91. The molecule has 29 heavy (non-hydrogen) atoms. The molecule has 4 rings (SSSR count). The molecular formula is C23H20ClN3O2. The zero-order valence-electron chi connectivity index (χ0n) is 16.4. The number of halogens is 1. The topological polar surface area (TPSA) is 68.0 Å². The summed E-state index contributed by atoms with van der Waals surface area (Å²) in [6.07, 6.45) is 5.03. The molecule has 0 aliphatic heterocycles. The molecule has 0 bridgehead atoms. The van der Waals surface area contributed by atoms with Crippen LogP contribution in [0, 0.1) is 13.8 Å². The number of rotatable bonds is 4. The third-order valence-electron chi connectivity index (χ3n) is 4.91. The van der Waals surface area contributed by atoms with Crippen LogP contribution in [0.2, 0.25) is 5.15 Å². The van der Waals surface area contributed by atoms with Crippen molar-refractivity contribution in [2.45, 2.75) is 26.8 Å². The highest BCUT2D eigenvalue weighted by atomic mass is 35.5. The molecule has 1 N–H and O–H groups in total. The van der Waals surface area contributed by atoms with Gasteiger partial charge < -0.3 is 9.73 Å². The largest absolute Gasteiger partial charge is 0.455 e. The fourth-order valence-corrected chi connectivity index (χ4v) is 3.64. The average molecular weight is 406 g/mol. The van der Waals surface area contributed by atoms with Crippen LogP contribution in [-0.2, 0) is 0 Å². The minimum absolute atomic E-state index is 0.0401. The zero-order valence-corrected chi connectivity index (χ0v) is 17.1. The minimum Gasteiger partial charge on any atom is -0.455 e. The van der Waals surface area contributed by atoms with Gasteiger partial charge in [0.1, 0.15) is 11.3 Å². The molecule has 0 radical (unpaired) electrons. The first-order valence-electron chi connectivity index (χ1n) is 9.31. The van der Waals surface area contributed by atoms with Crippen molar-refractivity contribution in [2.75, 3.05) is 5.32 Å². The van der Waals surface area contributed by atoms with Gasteiger partial charge in [-0.05, 0) is 56.7 Å². The summed E-state index contributed by atoms with van der Waals surface area (Å²) < 4.78 is 6.31. The van der Waals surface area contributed by atoms with E-state index in [9.17, 15) is 4.79 Å². The van der Waals surface area contributed by atoms with E-state index in [0.29, 0.717) is 27.4 Å². The standard InChI is InChI=1S/C23H20ClN3O2/c1-13-10-17(15(3)27-19-7-5-9-26-23(19)24)22-18(11-13)20(28)14(2)21(29-22)16-6-4-8-25-12-16/h4-12,15,27H,1-3H3. The molecule has 0 fully saturated rings. The molecule has 5 nitrogen and oxygen atoms in total. The lowest BCUT2D eigenvalue weighted by molar-refractivity contribution is 0.605. The number of anilines is 1. The van der Waals surface area contributed by atoms with Crippen molar-refractivity contribution in [2.24, 2.45) is 0 Å². The summed E-state index contributed by atoms with van der Waals surface area (Å²) in [7, 11) is 0. The summed E-state index contributed by atoms with van der Waals surface area (Å²) in [6.45, 7) is 5.75. The second-order valence-corrected chi connectivity index (χ2v) is 7.42. The van der Waals surface area contributed by atoms with Crippen molar-refractivity contribution in [1.29, 1.82) is 0 Å². The van der Waals surface area contributed by atoms with Gasteiger partial charge in [-0.2, -0.15) is 0 Å². The molecule has 0 saturated heterocycles. The third kappa shape index (κ3) is 3.61. The van der Waals surface area contributed by atoms with Gasteiger partial charge in [0.2, 0.25) is 0 Å². The van der Waals surface area contributed by atoms with E-state index in [4.69, 9.17) is 16.0 Å². The van der Waals surface area contributed by atoms with Crippen molar-refractivity contribution in [3.63, 3.8) is 0 Å². The molecule has 6 heteroatoms. The normalized spacial score (nSPS) is 12.1. The summed E-state index contributed by atoms with van der Waals surface area (Å²) in [6, 6.07) is 11.1. The predicted molar refractivity (Wildman–Crippen MR) is 116 cm³/mol. The molecular weight excluding hydrogens is 386 g/mol. The third-order valence-corrected chi connectivity index (χ3v) is 5.21. The molecule has 146 valence electrons. The van der Waals surface area contributed by atoms with Gasteiger partial charge in [0.15, 0.2) is 10.6 Å². The van der Waals surface area contributed by atoms with Crippen LogP contribution in [0.5, 0.6) is 0 Å². The summed E-state index contributed by atoms with van der Waals surface area (Å²) in [5.41, 5.74) is 4.44. The fourth-order valence-electron chi connectivity index (χ4n) is 3.47. The average Bonchev–Trinajstić information content (AvgIpc) is 2.72. The Morgan fingerprint density at radius 1 is 1.14 bits per heavy atom. The van der Waals surface area contributed by atoms with Gasteiger partial charge in [0, 0.05) is 35.3 Å². The van der Waals surface area contributed by atoms with Gasteiger partial charge in [-0.25, -0.2) is 4.98 Å². The van der Waals surface area contributed by atoms with E-state index < -0.39 is 0 Å². The molecule has 0 amide bonds. The van der Waals surface area contributed by atoms with Crippen molar-refractivity contribution in [3.05, 3.63) is 87.1 Å². The summed E-state index contributed by atoms with van der Waals surface area (Å²) in [5, 5.41) is 4.33. The molecule has 0 aliphatic rings. The van der Waals surface area contributed by atoms with Crippen LogP contribution in [0.15, 0.2) is 64.2 Å². The van der Waals surface area contributed by atoms with Crippen molar-refractivity contribution >= 4 is 28.3 Å². The number of nitrogens with zero attached hydrogens (tertiary/aromatic N) is 2. The van der Waals surface area contributed by atoms with Gasteiger partial charge >= 0.3 is 0 Å². The molecule has 0 spiro atoms. The maximum absolute atomic E-state index is 13.1. The van der Waals surface area contributed by atoms with E-state index in [-0.39, 0.29) is 11.5 Å². The van der Waals surface area contributed by atoms with Gasteiger partial charge in [-0.1, -0.05) is 17.7 Å². The monoisotopic (exact) mass is 405 g/mol. The number of pyridine rings is 2. The summed E-state index contributed by atoms with van der Waals surface area (Å²) >= 11 is 6.20. The van der Waals surface area contributed by atoms with E-state index in [1.165, 1.54) is 0 Å². The smallest absolute Gasteiger partial charge is 0.196 e. The number of hydrogen-bond acceptors (Lipinski definition) is 5. The lowest BCUT2D eigenvalue weighted by atomic mass is 9.99. The molecule has 0 saturated carbocycles. The lowest BCUT2D eigenvalue weighted by Gasteiger charge is -2.19. The number of aryl methyl sites for hydroxylation is 1. The highest BCUT2D eigenvalue weighted by Gasteiger charge is 2.19. The number of nitrogens with one attached hydrogen (secondary N) is 1. The maximum Gasteiger partial charge on any atom is 0.196 e. The number of aromatic nitrogens is 2. The molecule has 1 atom stereocenters. The van der Waals surface area contributed by atoms with Crippen LogP contribution < -0.4 is 10.7 Å². The van der Waals surface area contributed by atoms with Crippen molar-refractivity contribution in [1.82, 2.24) is 9.97 Å². The van der Waals surface area contributed by atoms with E-state index in [1.54, 1.807) is 25.5 Å². The highest BCUT2D eigenvalue weighted by Crippen LogP contribution is 2.32. The SMILES string of the molecule is Cc1cc(C(C)Nc2cccnc2Cl)c2oc(-c3cccnc3)c(C)c(=O)c2c1. The van der Waals surface area contributed by atoms with Crippen LogP contribution in [0.25, 0.3) is 22.3 Å². The molecule has 0 aliphatic carbocycles. The minimum atomic E-state index is -0.160. The first-order valence-corrected chi connectivity index (χ1v) is 9.69. The Bertz CT molecular complexity index is 1250. The number of fused-ring (bicyclic) bond motifs is 1. The van der Waals surface area contributed by atoms with Crippen LogP contribution >= 0.6 is 11.6 Å². The lowest BCUT2D eigenvalue weighted by Crippen LogP contribution is -2.12. The van der Waals surface area contributed by atoms with Gasteiger partial charge in [0.05, 0.1) is 17.1 Å². The van der Waals surface area contributed by atoms with E-state index in [1.807, 2.05) is 50.2 Å². The fraction of sp³-hybridized carbons (Fsp3) is 0.174. The van der Waals surface area contributed by atoms with Crippen LogP contribution in [0.4, 0.5) is 5.69 Å². The second-order valence-electron chi connectivity index (χ2n) is 7.07. The van der Waals surface area contributed by atoms with E-state index in [0.717, 1.165) is 22.4 Å². The Kier molecular flexibility index (Phi) is 5.07. The van der Waals surface area contributed by atoms with Crippen LogP contribution in [0.3, 0.4) is 0 Å². The van der Waals surface area contributed by atoms with Crippen molar-refractivity contribution in [3.8, 4) is 11.3 Å². The van der Waals surface area contributed by atoms with Gasteiger partial charge in [0.25, 0.3) is 0 Å². The Labute approximate surface area is 173 Å².